The quantitative estimate of drug-likeness (QED) is 0.549. The number of aryl methyl sites for hydroxylation is 3. The number of halogens is 1. The molecule has 0 spiro atoms. The van der Waals surface area contributed by atoms with E-state index in [1.807, 2.05) is 45.0 Å². The maximum absolute atomic E-state index is 13.7. The molecule has 0 N–H and O–H groups in total. The fraction of sp³-hybridized carbons (Fsp3) is 0.364. The summed E-state index contributed by atoms with van der Waals surface area (Å²) in [5.74, 6) is 0.716. The van der Waals surface area contributed by atoms with Gasteiger partial charge in [-0.1, -0.05) is 53.0 Å². The van der Waals surface area contributed by atoms with Crippen LogP contribution in [0.25, 0.3) is 11.4 Å². The minimum absolute atomic E-state index is 0.315. The van der Waals surface area contributed by atoms with Crippen LogP contribution in [-0.2, 0) is 10.0 Å². The molecule has 0 amide bonds. The lowest BCUT2D eigenvalue weighted by Gasteiger charge is -2.33. The molecule has 30 heavy (non-hydrogen) atoms. The molecular formula is C22H24ClN3O3S. The standard InChI is InChI=1S/C22H24ClN3O3S/c1-14-11-15(2)20(16(3)12-14)30(27,28)26-10-5-4-9-19(26)22-24-21(25-29-22)17-7-6-8-18(23)13-17/h6-8,11-13,19H,4-5,9-10H2,1-3H3. The molecule has 4 rings (SSSR count). The number of sulfonamides is 1. The second-order valence-corrected chi connectivity index (χ2v) is 10.1. The minimum atomic E-state index is -3.72. The molecule has 0 saturated carbocycles. The number of nitrogens with zero attached hydrogens (tertiary/aromatic N) is 3. The van der Waals surface area contributed by atoms with Gasteiger partial charge in [0, 0.05) is 17.1 Å². The van der Waals surface area contributed by atoms with Crippen LogP contribution >= 0.6 is 11.6 Å². The normalized spacial score (nSPS) is 17.9. The van der Waals surface area contributed by atoms with E-state index >= 15 is 0 Å². The minimum Gasteiger partial charge on any atom is -0.337 e. The Balaban J connectivity index is 1.72. The summed E-state index contributed by atoms with van der Waals surface area (Å²) >= 11 is 6.07. The topological polar surface area (TPSA) is 76.3 Å². The monoisotopic (exact) mass is 445 g/mol. The number of hydrogen-bond donors (Lipinski definition) is 0. The highest BCUT2D eigenvalue weighted by Crippen LogP contribution is 2.37. The van der Waals surface area contributed by atoms with Crippen molar-refractivity contribution in [2.24, 2.45) is 0 Å². The van der Waals surface area contributed by atoms with E-state index in [1.54, 1.807) is 12.1 Å². The SMILES string of the molecule is Cc1cc(C)c(S(=O)(=O)N2CCCCC2c2nc(-c3cccc(Cl)c3)no2)c(C)c1. The Morgan fingerprint density at radius 2 is 1.83 bits per heavy atom. The molecule has 6 nitrogen and oxygen atoms in total. The maximum atomic E-state index is 13.7. The average molecular weight is 446 g/mol. The van der Waals surface area contributed by atoms with E-state index in [0.29, 0.717) is 34.6 Å². The Morgan fingerprint density at radius 3 is 2.53 bits per heavy atom. The Labute approximate surface area is 181 Å². The Bertz CT molecular complexity index is 1170. The van der Waals surface area contributed by atoms with E-state index in [-0.39, 0.29) is 0 Å². The van der Waals surface area contributed by atoms with Gasteiger partial charge in [-0.25, -0.2) is 8.42 Å². The lowest BCUT2D eigenvalue weighted by atomic mass is 10.1. The molecule has 2 aromatic carbocycles. The van der Waals surface area contributed by atoms with Gasteiger partial charge in [0.15, 0.2) is 0 Å². The van der Waals surface area contributed by atoms with Gasteiger partial charge in [0.1, 0.15) is 6.04 Å². The van der Waals surface area contributed by atoms with Crippen LogP contribution < -0.4 is 0 Å². The van der Waals surface area contributed by atoms with Crippen LogP contribution in [0.5, 0.6) is 0 Å². The van der Waals surface area contributed by atoms with E-state index in [4.69, 9.17) is 16.1 Å². The van der Waals surface area contributed by atoms with Crippen molar-refractivity contribution in [3.63, 3.8) is 0 Å². The van der Waals surface area contributed by atoms with Crippen molar-refractivity contribution in [1.82, 2.24) is 14.4 Å². The molecule has 1 unspecified atom stereocenters. The highest BCUT2D eigenvalue weighted by Gasteiger charge is 2.39. The zero-order valence-electron chi connectivity index (χ0n) is 17.2. The fourth-order valence-corrected chi connectivity index (χ4v) is 6.50. The van der Waals surface area contributed by atoms with Crippen molar-refractivity contribution in [3.8, 4) is 11.4 Å². The van der Waals surface area contributed by atoms with Crippen LogP contribution in [-0.4, -0.2) is 29.4 Å². The van der Waals surface area contributed by atoms with Crippen molar-refractivity contribution in [1.29, 1.82) is 0 Å². The smallest absolute Gasteiger partial charge is 0.245 e. The first-order valence-electron chi connectivity index (χ1n) is 9.96. The van der Waals surface area contributed by atoms with Gasteiger partial charge in [-0.05, 0) is 56.9 Å². The zero-order valence-corrected chi connectivity index (χ0v) is 18.8. The molecule has 1 aliphatic rings. The molecule has 2 heterocycles. The highest BCUT2D eigenvalue weighted by atomic mass is 35.5. The van der Waals surface area contributed by atoms with E-state index < -0.39 is 16.1 Å². The third-order valence-corrected chi connectivity index (χ3v) is 7.88. The highest BCUT2D eigenvalue weighted by molar-refractivity contribution is 7.89. The fourth-order valence-electron chi connectivity index (χ4n) is 4.25. The van der Waals surface area contributed by atoms with Gasteiger partial charge < -0.3 is 4.52 Å². The van der Waals surface area contributed by atoms with E-state index in [0.717, 1.165) is 35.1 Å². The van der Waals surface area contributed by atoms with Crippen molar-refractivity contribution < 1.29 is 12.9 Å². The number of hydrogen-bond acceptors (Lipinski definition) is 5. The third-order valence-electron chi connectivity index (χ3n) is 5.43. The Hall–Kier alpha value is -2.22. The Kier molecular flexibility index (Phi) is 5.70. The zero-order chi connectivity index (χ0) is 21.5. The molecule has 1 aliphatic heterocycles. The molecule has 0 bridgehead atoms. The van der Waals surface area contributed by atoms with Gasteiger partial charge in [0.25, 0.3) is 0 Å². The number of piperidine rings is 1. The second kappa shape index (κ2) is 8.13. The first-order valence-corrected chi connectivity index (χ1v) is 11.8. The molecule has 0 aliphatic carbocycles. The van der Waals surface area contributed by atoms with E-state index in [9.17, 15) is 8.42 Å². The molecule has 1 fully saturated rings. The molecule has 158 valence electrons. The number of benzene rings is 2. The van der Waals surface area contributed by atoms with Crippen LogP contribution in [0.1, 0.15) is 47.9 Å². The average Bonchev–Trinajstić information content (AvgIpc) is 3.17. The predicted molar refractivity (Wildman–Crippen MR) is 116 cm³/mol. The second-order valence-electron chi connectivity index (χ2n) is 7.82. The van der Waals surface area contributed by atoms with Crippen LogP contribution in [0.3, 0.4) is 0 Å². The summed E-state index contributed by atoms with van der Waals surface area (Å²) in [7, 11) is -3.72. The van der Waals surface area contributed by atoms with Gasteiger partial charge in [-0.15, -0.1) is 0 Å². The predicted octanol–water partition coefficient (Wildman–Crippen LogP) is 5.23. The van der Waals surface area contributed by atoms with Crippen molar-refractivity contribution in [3.05, 3.63) is 64.0 Å². The molecule has 1 aromatic heterocycles. The number of aromatic nitrogens is 2. The lowest BCUT2D eigenvalue weighted by molar-refractivity contribution is 0.204. The molecule has 8 heteroatoms. The summed E-state index contributed by atoms with van der Waals surface area (Å²) in [5, 5.41) is 4.65. The summed E-state index contributed by atoms with van der Waals surface area (Å²) < 4.78 is 34.4. The third kappa shape index (κ3) is 3.89. The first-order chi connectivity index (χ1) is 14.3. The van der Waals surface area contributed by atoms with Gasteiger partial charge in [0.2, 0.25) is 21.7 Å². The van der Waals surface area contributed by atoms with Crippen molar-refractivity contribution in [2.75, 3.05) is 6.54 Å². The summed E-state index contributed by atoms with van der Waals surface area (Å²) in [6.45, 7) is 6.08. The molecule has 0 radical (unpaired) electrons. The number of rotatable bonds is 4. The molecular weight excluding hydrogens is 422 g/mol. The van der Waals surface area contributed by atoms with Crippen LogP contribution in [0.15, 0.2) is 45.8 Å². The van der Waals surface area contributed by atoms with Crippen molar-refractivity contribution in [2.45, 2.75) is 51.0 Å². The largest absolute Gasteiger partial charge is 0.337 e. The van der Waals surface area contributed by atoms with Crippen LogP contribution in [0.4, 0.5) is 0 Å². The summed E-state index contributed by atoms with van der Waals surface area (Å²) in [6, 6.07) is 10.5. The summed E-state index contributed by atoms with van der Waals surface area (Å²) in [6.07, 6.45) is 2.34. The molecule has 3 aromatic rings. The molecule has 1 atom stereocenters. The van der Waals surface area contributed by atoms with Gasteiger partial charge >= 0.3 is 0 Å². The maximum Gasteiger partial charge on any atom is 0.245 e. The molecule has 1 saturated heterocycles. The van der Waals surface area contributed by atoms with E-state index in [2.05, 4.69) is 10.1 Å². The lowest BCUT2D eigenvalue weighted by Crippen LogP contribution is -2.39. The first kappa shape index (κ1) is 21.0. The summed E-state index contributed by atoms with van der Waals surface area (Å²) in [4.78, 5) is 4.89. The van der Waals surface area contributed by atoms with Gasteiger partial charge in [-0.2, -0.15) is 9.29 Å². The van der Waals surface area contributed by atoms with Crippen LogP contribution in [0, 0.1) is 20.8 Å². The van der Waals surface area contributed by atoms with Crippen LogP contribution in [0.2, 0.25) is 5.02 Å². The summed E-state index contributed by atoms with van der Waals surface area (Å²) in [5.41, 5.74) is 3.28. The Morgan fingerprint density at radius 1 is 1.10 bits per heavy atom. The van der Waals surface area contributed by atoms with E-state index in [1.165, 1.54) is 4.31 Å². The van der Waals surface area contributed by atoms with Gasteiger partial charge in [0.05, 0.1) is 4.90 Å². The van der Waals surface area contributed by atoms with Gasteiger partial charge in [-0.3, -0.25) is 0 Å². The van der Waals surface area contributed by atoms with Crippen molar-refractivity contribution >= 4 is 21.6 Å².